The number of benzene rings is 1. The van der Waals surface area contributed by atoms with E-state index in [2.05, 4.69) is 68.2 Å². The van der Waals surface area contributed by atoms with E-state index >= 15 is 0 Å². The quantitative estimate of drug-likeness (QED) is 0.727. The van der Waals surface area contributed by atoms with Crippen LogP contribution in [0.5, 0.6) is 0 Å². The Morgan fingerprint density at radius 1 is 1.11 bits per heavy atom. The van der Waals surface area contributed by atoms with Crippen LogP contribution in [0.4, 0.5) is 0 Å². The molecule has 2 heteroatoms. The molecule has 0 fully saturated rings. The Hall–Kier alpha value is -0.860. The van der Waals surface area contributed by atoms with Gasteiger partial charge < -0.3 is 5.32 Å². The molecular formula is C17H30N2. The van der Waals surface area contributed by atoms with Gasteiger partial charge in [0.2, 0.25) is 0 Å². The van der Waals surface area contributed by atoms with Crippen LogP contribution in [0.2, 0.25) is 0 Å². The summed E-state index contributed by atoms with van der Waals surface area (Å²) in [5.74, 6) is 0. The first-order valence-electron chi connectivity index (χ1n) is 7.76. The molecule has 108 valence electrons. The number of nitrogens with one attached hydrogen (secondary N) is 1. The summed E-state index contributed by atoms with van der Waals surface area (Å²) in [7, 11) is 0. The Morgan fingerprint density at radius 3 is 2.32 bits per heavy atom. The molecule has 0 spiro atoms. The van der Waals surface area contributed by atoms with Crippen LogP contribution < -0.4 is 5.32 Å². The summed E-state index contributed by atoms with van der Waals surface area (Å²) in [6.45, 7) is 12.4. The van der Waals surface area contributed by atoms with Crippen molar-refractivity contribution in [1.29, 1.82) is 0 Å². The van der Waals surface area contributed by atoms with Gasteiger partial charge in [-0.2, -0.15) is 0 Å². The molecule has 1 N–H and O–H groups in total. The van der Waals surface area contributed by atoms with Gasteiger partial charge in [0.15, 0.2) is 0 Å². The molecule has 1 aromatic carbocycles. The van der Waals surface area contributed by atoms with E-state index in [0.717, 1.165) is 13.1 Å². The lowest BCUT2D eigenvalue weighted by Crippen LogP contribution is -2.43. The molecule has 0 saturated heterocycles. The highest BCUT2D eigenvalue weighted by Gasteiger charge is 2.22. The van der Waals surface area contributed by atoms with E-state index in [9.17, 15) is 0 Å². The van der Waals surface area contributed by atoms with E-state index in [-0.39, 0.29) is 0 Å². The molecule has 0 saturated carbocycles. The average molecular weight is 262 g/mol. The summed E-state index contributed by atoms with van der Waals surface area (Å²) < 4.78 is 0. The Labute approximate surface area is 119 Å². The van der Waals surface area contributed by atoms with Crippen molar-refractivity contribution >= 4 is 0 Å². The third kappa shape index (κ3) is 4.96. The van der Waals surface area contributed by atoms with Gasteiger partial charge in [-0.15, -0.1) is 0 Å². The molecular weight excluding hydrogens is 232 g/mol. The molecule has 0 heterocycles. The standard InChI is InChI=1S/C17H30N2/c1-5-8-14-19(7-3)15(4)17(18-6-2)16-12-10-9-11-13-16/h9-13,15,17-18H,5-8,14H2,1-4H3. The van der Waals surface area contributed by atoms with Crippen molar-refractivity contribution in [3.05, 3.63) is 35.9 Å². The summed E-state index contributed by atoms with van der Waals surface area (Å²) >= 11 is 0. The summed E-state index contributed by atoms with van der Waals surface area (Å²) in [5, 5.41) is 3.65. The number of nitrogens with zero attached hydrogens (tertiary/aromatic N) is 1. The van der Waals surface area contributed by atoms with Gasteiger partial charge in [-0.1, -0.05) is 57.5 Å². The molecule has 0 aliphatic heterocycles. The first-order chi connectivity index (χ1) is 9.24. The van der Waals surface area contributed by atoms with E-state index < -0.39 is 0 Å². The molecule has 2 nitrogen and oxygen atoms in total. The smallest absolute Gasteiger partial charge is 0.0475 e. The monoisotopic (exact) mass is 262 g/mol. The molecule has 0 bridgehead atoms. The van der Waals surface area contributed by atoms with Crippen molar-refractivity contribution < 1.29 is 0 Å². The minimum Gasteiger partial charge on any atom is -0.309 e. The molecule has 2 unspecified atom stereocenters. The second kappa shape index (κ2) is 9.11. The number of unbranched alkanes of at least 4 members (excludes halogenated alkanes) is 1. The topological polar surface area (TPSA) is 15.3 Å². The molecule has 0 aliphatic carbocycles. The third-order valence-corrected chi connectivity index (χ3v) is 3.85. The molecule has 19 heavy (non-hydrogen) atoms. The highest BCUT2D eigenvalue weighted by Crippen LogP contribution is 2.21. The zero-order chi connectivity index (χ0) is 14.1. The SMILES string of the molecule is CCCCN(CC)C(C)C(NCC)c1ccccc1. The van der Waals surface area contributed by atoms with Gasteiger partial charge in [0.1, 0.15) is 0 Å². The normalized spacial score (nSPS) is 14.6. The van der Waals surface area contributed by atoms with Crippen molar-refractivity contribution in [3.8, 4) is 0 Å². The molecule has 0 aliphatic rings. The Kier molecular flexibility index (Phi) is 7.76. The van der Waals surface area contributed by atoms with Gasteiger partial charge in [0.05, 0.1) is 0 Å². The first-order valence-corrected chi connectivity index (χ1v) is 7.76. The van der Waals surface area contributed by atoms with Crippen LogP contribution in [-0.2, 0) is 0 Å². The average Bonchev–Trinajstić information content (AvgIpc) is 2.46. The van der Waals surface area contributed by atoms with Crippen LogP contribution in [0.1, 0.15) is 52.1 Å². The number of likely N-dealkylation sites (N-methyl/N-ethyl adjacent to an activating group) is 2. The molecule has 1 aromatic rings. The van der Waals surface area contributed by atoms with Crippen molar-refractivity contribution in [3.63, 3.8) is 0 Å². The van der Waals surface area contributed by atoms with Crippen molar-refractivity contribution in [1.82, 2.24) is 10.2 Å². The summed E-state index contributed by atoms with van der Waals surface area (Å²) in [6, 6.07) is 11.8. The fourth-order valence-electron chi connectivity index (χ4n) is 2.67. The first kappa shape index (κ1) is 16.2. The number of rotatable bonds is 9. The van der Waals surface area contributed by atoms with Gasteiger partial charge in [-0.05, 0) is 38.5 Å². The maximum Gasteiger partial charge on any atom is 0.0475 e. The van der Waals surface area contributed by atoms with Gasteiger partial charge in [0, 0.05) is 12.1 Å². The fourth-order valence-corrected chi connectivity index (χ4v) is 2.67. The van der Waals surface area contributed by atoms with Crippen molar-refractivity contribution in [2.24, 2.45) is 0 Å². The maximum atomic E-state index is 3.65. The zero-order valence-electron chi connectivity index (χ0n) is 13.0. The molecule has 1 rings (SSSR count). The van der Waals surface area contributed by atoms with Crippen LogP contribution in [0, 0.1) is 0 Å². The summed E-state index contributed by atoms with van der Waals surface area (Å²) in [6.07, 6.45) is 2.55. The Morgan fingerprint density at radius 2 is 1.79 bits per heavy atom. The summed E-state index contributed by atoms with van der Waals surface area (Å²) in [5.41, 5.74) is 1.40. The highest BCUT2D eigenvalue weighted by atomic mass is 15.2. The van der Waals surface area contributed by atoms with Gasteiger partial charge >= 0.3 is 0 Å². The largest absolute Gasteiger partial charge is 0.309 e. The number of hydrogen-bond acceptors (Lipinski definition) is 2. The van der Waals surface area contributed by atoms with Crippen LogP contribution >= 0.6 is 0 Å². The minimum atomic E-state index is 0.419. The molecule has 0 amide bonds. The van der Waals surface area contributed by atoms with Crippen LogP contribution in [0.3, 0.4) is 0 Å². The van der Waals surface area contributed by atoms with Crippen LogP contribution in [0.15, 0.2) is 30.3 Å². The van der Waals surface area contributed by atoms with E-state index in [0.29, 0.717) is 12.1 Å². The third-order valence-electron chi connectivity index (χ3n) is 3.85. The maximum absolute atomic E-state index is 3.65. The Bertz CT molecular complexity index is 323. The van der Waals surface area contributed by atoms with E-state index in [1.165, 1.54) is 24.9 Å². The lowest BCUT2D eigenvalue weighted by atomic mass is 9.99. The predicted octanol–water partition coefficient (Wildman–Crippen LogP) is 3.85. The van der Waals surface area contributed by atoms with Crippen molar-refractivity contribution in [2.45, 2.75) is 52.6 Å². The molecule has 0 aromatic heterocycles. The highest BCUT2D eigenvalue weighted by molar-refractivity contribution is 5.20. The molecule has 2 atom stereocenters. The lowest BCUT2D eigenvalue weighted by molar-refractivity contribution is 0.175. The van der Waals surface area contributed by atoms with Gasteiger partial charge in [0.25, 0.3) is 0 Å². The van der Waals surface area contributed by atoms with Crippen molar-refractivity contribution in [2.75, 3.05) is 19.6 Å². The van der Waals surface area contributed by atoms with Gasteiger partial charge in [-0.25, -0.2) is 0 Å². The Balaban J connectivity index is 2.79. The van der Waals surface area contributed by atoms with E-state index in [4.69, 9.17) is 0 Å². The number of hydrogen-bond donors (Lipinski definition) is 1. The van der Waals surface area contributed by atoms with Crippen LogP contribution in [-0.4, -0.2) is 30.6 Å². The second-order valence-corrected chi connectivity index (χ2v) is 5.17. The lowest BCUT2D eigenvalue weighted by Gasteiger charge is -2.35. The summed E-state index contributed by atoms with van der Waals surface area (Å²) in [4.78, 5) is 2.59. The van der Waals surface area contributed by atoms with Gasteiger partial charge in [-0.3, -0.25) is 4.90 Å². The van der Waals surface area contributed by atoms with E-state index in [1.54, 1.807) is 0 Å². The minimum absolute atomic E-state index is 0.419. The molecule has 0 radical (unpaired) electrons. The fraction of sp³-hybridized carbons (Fsp3) is 0.647. The van der Waals surface area contributed by atoms with Crippen LogP contribution in [0.25, 0.3) is 0 Å². The second-order valence-electron chi connectivity index (χ2n) is 5.17. The predicted molar refractivity (Wildman–Crippen MR) is 84.5 cm³/mol. The zero-order valence-corrected chi connectivity index (χ0v) is 13.0. The van der Waals surface area contributed by atoms with E-state index in [1.807, 2.05) is 0 Å².